The van der Waals surface area contributed by atoms with Crippen molar-refractivity contribution >= 4 is 11.3 Å². The Balaban J connectivity index is 2.35. The van der Waals surface area contributed by atoms with Crippen LogP contribution < -0.4 is 5.32 Å². The maximum atomic E-state index is 5.53. The third kappa shape index (κ3) is 2.82. The van der Waals surface area contributed by atoms with Crippen molar-refractivity contribution in [1.82, 2.24) is 10.3 Å². The van der Waals surface area contributed by atoms with E-state index in [1.807, 2.05) is 13.1 Å². The summed E-state index contributed by atoms with van der Waals surface area (Å²) < 4.78 is 5.53. The van der Waals surface area contributed by atoms with Crippen LogP contribution in [0.1, 0.15) is 30.0 Å². The van der Waals surface area contributed by atoms with E-state index in [1.54, 1.807) is 17.6 Å². The largest absolute Gasteiger partial charge is 0.462 e. The van der Waals surface area contributed by atoms with Crippen LogP contribution in [-0.2, 0) is 13.0 Å². The van der Waals surface area contributed by atoms with Crippen LogP contribution in [0.15, 0.2) is 16.7 Å². The molecule has 2 aromatic heterocycles. The molecule has 0 atom stereocenters. The average Bonchev–Trinajstić information content (AvgIpc) is 2.86. The van der Waals surface area contributed by atoms with Crippen molar-refractivity contribution < 1.29 is 4.42 Å². The van der Waals surface area contributed by atoms with Gasteiger partial charge in [0.25, 0.3) is 0 Å². The summed E-state index contributed by atoms with van der Waals surface area (Å²) in [6.07, 6.45) is 2.75. The van der Waals surface area contributed by atoms with Crippen molar-refractivity contribution in [3.63, 3.8) is 0 Å². The molecule has 0 aromatic carbocycles. The minimum absolute atomic E-state index is 0.619. The minimum atomic E-state index is 0.619. The van der Waals surface area contributed by atoms with E-state index in [4.69, 9.17) is 9.40 Å². The maximum absolute atomic E-state index is 5.53. The second-order valence-electron chi connectivity index (χ2n) is 4.95. The monoisotopic (exact) mass is 264 g/mol. The predicted octanol–water partition coefficient (Wildman–Crippen LogP) is 3.63. The summed E-state index contributed by atoms with van der Waals surface area (Å²) >= 11 is 1.73. The van der Waals surface area contributed by atoms with Crippen LogP contribution in [-0.4, -0.2) is 12.0 Å². The Kier molecular flexibility index (Phi) is 4.19. The van der Waals surface area contributed by atoms with E-state index in [2.05, 4.69) is 26.1 Å². The van der Waals surface area contributed by atoms with Crippen molar-refractivity contribution in [2.75, 3.05) is 7.05 Å². The maximum Gasteiger partial charge on any atom is 0.165 e. The first kappa shape index (κ1) is 13.3. The van der Waals surface area contributed by atoms with Gasteiger partial charge in [0.2, 0.25) is 0 Å². The molecule has 0 saturated heterocycles. The SMILES string of the molecule is CNCc1sc(-c2occc2C)nc1CC(C)C. The average molecular weight is 264 g/mol. The van der Waals surface area contributed by atoms with Gasteiger partial charge in [-0.15, -0.1) is 11.3 Å². The Bertz CT molecular complexity index is 514. The molecule has 0 bridgehead atoms. The van der Waals surface area contributed by atoms with E-state index < -0.39 is 0 Å². The quantitative estimate of drug-likeness (QED) is 0.896. The molecule has 0 amide bonds. The first-order valence-electron chi connectivity index (χ1n) is 6.29. The van der Waals surface area contributed by atoms with Crippen LogP contribution in [0, 0.1) is 12.8 Å². The van der Waals surface area contributed by atoms with Gasteiger partial charge < -0.3 is 9.73 Å². The van der Waals surface area contributed by atoms with Crippen LogP contribution in [0.3, 0.4) is 0 Å². The highest BCUT2D eigenvalue weighted by Crippen LogP contribution is 2.31. The van der Waals surface area contributed by atoms with E-state index in [0.29, 0.717) is 5.92 Å². The van der Waals surface area contributed by atoms with E-state index in [-0.39, 0.29) is 0 Å². The summed E-state index contributed by atoms with van der Waals surface area (Å²) in [6, 6.07) is 1.98. The Labute approximate surface area is 112 Å². The van der Waals surface area contributed by atoms with Gasteiger partial charge >= 0.3 is 0 Å². The Hall–Kier alpha value is -1.13. The summed E-state index contributed by atoms with van der Waals surface area (Å²) in [5, 5.41) is 4.21. The number of hydrogen-bond donors (Lipinski definition) is 1. The zero-order valence-corrected chi connectivity index (χ0v) is 12.2. The fraction of sp³-hybridized carbons (Fsp3) is 0.500. The number of nitrogens with one attached hydrogen (secondary N) is 1. The van der Waals surface area contributed by atoms with Crippen LogP contribution in [0.4, 0.5) is 0 Å². The first-order valence-corrected chi connectivity index (χ1v) is 7.11. The highest BCUT2D eigenvalue weighted by molar-refractivity contribution is 7.15. The lowest BCUT2D eigenvalue weighted by molar-refractivity contribution is 0.579. The normalized spacial score (nSPS) is 11.4. The van der Waals surface area contributed by atoms with E-state index >= 15 is 0 Å². The molecule has 1 N–H and O–H groups in total. The topological polar surface area (TPSA) is 38.1 Å². The number of thiazole rings is 1. The summed E-state index contributed by atoms with van der Waals surface area (Å²) in [6.45, 7) is 7.38. The number of hydrogen-bond acceptors (Lipinski definition) is 4. The van der Waals surface area contributed by atoms with Gasteiger partial charge in [-0.25, -0.2) is 4.98 Å². The molecule has 3 nitrogen and oxygen atoms in total. The lowest BCUT2D eigenvalue weighted by Gasteiger charge is -2.03. The number of aryl methyl sites for hydroxylation is 1. The van der Waals surface area contributed by atoms with Gasteiger partial charge in [0.15, 0.2) is 10.8 Å². The van der Waals surface area contributed by atoms with Gasteiger partial charge in [-0.3, -0.25) is 0 Å². The molecule has 2 heterocycles. The lowest BCUT2D eigenvalue weighted by atomic mass is 10.1. The predicted molar refractivity (Wildman–Crippen MR) is 75.9 cm³/mol. The molecule has 0 saturated carbocycles. The zero-order chi connectivity index (χ0) is 13.1. The fourth-order valence-corrected chi connectivity index (χ4v) is 3.07. The van der Waals surface area contributed by atoms with Gasteiger partial charge in [-0.2, -0.15) is 0 Å². The Morgan fingerprint density at radius 1 is 1.44 bits per heavy atom. The van der Waals surface area contributed by atoms with Crippen LogP contribution >= 0.6 is 11.3 Å². The van der Waals surface area contributed by atoms with Crippen molar-refractivity contribution in [3.8, 4) is 10.8 Å². The molecule has 4 heteroatoms. The first-order chi connectivity index (χ1) is 8.61. The number of furan rings is 1. The molecular weight excluding hydrogens is 244 g/mol. The van der Waals surface area contributed by atoms with E-state index in [9.17, 15) is 0 Å². The summed E-state index contributed by atoms with van der Waals surface area (Å²) in [5.74, 6) is 1.53. The van der Waals surface area contributed by atoms with E-state index in [0.717, 1.165) is 29.3 Å². The van der Waals surface area contributed by atoms with Gasteiger partial charge in [-0.1, -0.05) is 13.8 Å². The van der Waals surface area contributed by atoms with Gasteiger partial charge in [0, 0.05) is 11.4 Å². The molecule has 0 unspecified atom stereocenters. The summed E-state index contributed by atoms with van der Waals surface area (Å²) in [5.41, 5.74) is 2.35. The highest BCUT2D eigenvalue weighted by atomic mass is 32.1. The zero-order valence-electron chi connectivity index (χ0n) is 11.4. The molecule has 18 heavy (non-hydrogen) atoms. The molecular formula is C14H20N2OS. The molecule has 0 spiro atoms. The Morgan fingerprint density at radius 2 is 2.22 bits per heavy atom. The second kappa shape index (κ2) is 5.67. The third-order valence-electron chi connectivity index (χ3n) is 2.77. The van der Waals surface area contributed by atoms with Crippen molar-refractivity contribution in [2.24, 2.45) is 5.92 Å². The third-order valence-corrected chi connectivity index (χ3v) is 3.87. The molecule has 0 aliphatic carbocycles. The standard InChI is InChI=1S/C14H20N2OS/c1-9(2)7-11-12(8-15-4)18-14(16-11)13-10(3)5-6-17-13/h5-6,9,15H,7-8H2,1-4H3. The second-order valence-corrected chi connectivity index (χ2v) is 6.03. The number of rotatable bonds is 5. The van der Waals surface area contributed by atoms with Gasteiger partial charge in [0.1, 0.15) is 0 Å². The fourth-order valence-electron chi connectivity index (χ4n) is 1.92. The smallest absolute Gasteiger partial charge is 0.165 e. The van der Waals surface area contributed by atoms with Crippen molar-refractivity contribution in [1.29, 1.82) is 0 Å². The van der Waals surface area contributed by atoms with Gasteiger partial charge in [0.05, 0.1) is 12.0 Å². The molecule has 0 radical (unpaired) electrons. The summed E-state index contributed by atoms with van der Waals surface area (Å²) in [7, 11) is 1.97. The molecule has 2 rings (SSSR count). The Morgan fingerprint density at radius 3 is 2.78 bits per heavy atom. The molecule has 2 aromatic rings. The van der Waals surface area contributed by atoms with Gasteiger partial charge in [-0.05, 0) is 37.9 Å². The van der Waals surface area contributed by atoms with Crippen LogP contribution in [0.2, 0.25) is 0 Å². The van der Waals surface area contributed by atoms with Crippen LogP contribution in [0.5, 0.6) is 0 Å². The van der Waals surface area contributed by atoms with Crippen molar-refractivity contribution in [2.45, 2.75) is 33.7 Å². The summed E-state index contributed by atoms with van der Waals surface area (Å²) in [4.78, 5) is 6.07. The minimum Gasteiger partial charge on any atom is -0.462 e. The molecule has 0 aliphatic heterocycles. The molecule has 98 valence electrons. The lowest BCUT2D eigenvalue weighted by Crippen LogP contribution is -2.07. The van der Waals surface area contributed by atoms with Crippen LogP contribution in [0.25, 0.3) is 10.8 Å². The molecule has 0 aliphatic rings. The van der Waals surface area contributed by atoms with Crippen molar-refractivity contribution in [3.05, 3.63) is 28.5 Å². The number of aromatic nitrogens is 1. The highest BCUT2D eigenvalue weighted by Gasteiger charge is 2.16. The van der Waals surface area contributed by atoms with E-state index in [1.165, 1.54) is 10.6 Å². The molecule has 0 fully saturated rings. The number of nitrogens with zero attached hydrogens (tertiary/aromatic N) is 1.